The van der Waals surface area contributed by atoms with Crippen molar-refractivity contribution in [3.63, 3.8) is 0 Å². The minimum Gasteiger partial charge on any atom is -0.381 e. The molecule has 2 heterocycles. The molecule has 0 spiro atoms. The third kappa shape index (κ3) is 2.29. The third-order valence-corrected chi connectivity index (χ3v) is 3.36. The van der Waals surface area contributed by atoms with Crippen LogP contribution in [-0.2, 0) is 11.2 Å². The van der Waals surface area contributed by atoms with Crippen molar-refractivity contribution in [3.05, 3.63) is 17.5 Å². The van der Waals surface area contributed by atoms with Gasteiger partial charge in [-0.2, -0.15) is 5.10 Å². The van der Waals surface area contributed by atoms with Gasteiger partial charge in [-0.1, -0.05) is 20.8 Å². The summed E-state index contributed by atoms with van der Waals surface area (Å²) in [7, 11) is 0. The molecule has 0 amide bonds. The van der Waals surface area contributed by atoms with Gasteiger partial charge in [0.15, 0.2) is 0 Å². The molecule has 0 unspecified atom stereocenters. The molecule has 0 N–H and O–H groups in total. The fourth-order valence-corrected chi connectivity index (χ4v) is 2.34. The van der Waals surface area contributed by atoms with Gasteiger partial charge in [0.2, 0.25) is 0 Å². The summed E-state index contributed by atoms with van der Waals surface area (Å²) in [4.78, 5) is 0. The maximum atomic E-state index is 5.39. The van der Waals surface area contributed by atoms with Crippen LogP contribution in [0.5, 0.6) is 0 Å². The van der Waals surface area contributed by atoms with Gasteiger partial charge in [-0.05, 0) is 30.7 Å². The van der Waals surface area contributed by atoms with Crippen LogP contribution in [0.2, 0.25) is 0 Å². The SMILES string of the molecule is CCc1nn(C2CCOCC2)cc1C(C)C. The second kappa shape index (κ2) is 5.00. The van der Waals surface area contributed by atoms with Crippen molar-refractivity contribution in [2.75, 3.05) is 13.2 Å². The highest BCUT2D eigenvalue weighted by Gasteiger charge is 2.19. The molecule has 2 rings (SSSR count). The van der Waals surface area contributed by atoms with Crippen molar-refractivity contribution in [2.45, 2.75) is 52.0 Å². The molecule has 1 aliphatic rings. The van der Waals surface area contributed by atoms with E-state index in [2.05, 4.69) is 31.6 Å². The van der Waals surface area contributed by atoms with Crippen LogP contribution in [0.3, 0.4) is 0 Å². The van der Waals surface area contributed by atoms with E-state index in [4.69, 9.17) is 9.84 Å². The van der Waals surface area contributed by atoms with Gasteiger partial charge in [0.25, 0.3) is 0 Å². The van der Waals surface area contributed by atoms with Crippen LogP contribution in [-0.4, -0.2) is 23.0 Å². The molecular weight excluding hydrogens is 200 g/mol. The van der Waals surface area contributed by atoms with Crippen LogP contribution in [0.1, 0.15) is 56.8 Å². The second-order valence-electron chi connectivity index (χ2n) is 4.86. The Labute approximate surface area is 97.8 Å². The predicted octanol–water partition coefficient (Wildman–Crippen LogP) is 2.92. The van der Waals surface area contributed by atoms with Crippen molar-refractivity contribution < 1.29 is 4.74 Å². The molecule has 16 heavy (non-hydrogen) atoms. The molecule has 1 aliphatic heterocycles. The topological polar surface area (TPSA) is 27.1 Å². The predicted molar refractivity (Wildman–Crippen MR) is 64.8 cm³/mol. The molecule has 0 aliphatic carbocycles. The van der Waals surface area contributed by atoms with E-state index in [9.17, 15) is 0 Å². The lowest BCUT2D eigenvalue weighted by molar-refractivity contribution is 0.0661. The van der Waals surface area contributed by atoms with E-state index in [1.54, 1.807) is 0 Å². The molecule has 1 aromatic rings. The first-order valence-corrected chi connectivity index (χ1v) is 6.38. The van der Waals surface area contributed by atoms with Gasteiger partial charge in [0, 0.05) is 19.4 Å². The van der Waals surface area contributed by atoms with Crippen molar-refractivity contribution in [1.29, 1.82) is 0 Å². The van der Waals surface area contributed by atoms with Gasteiger partial charge in [0.1, 0.15) is 0 Å². The van der Waals surface area contributed by atoms with Crippen molar-refractivity contribution >= 4 is 0 Å². The molecule has 90 valence electrons. The summed E-state index contributed by atoms with van der Waals surface area (Å²) in [5, 5.41) is 4.73. The average molecular weight is 222 g/mol. The summed E-state index contributed by atoms with van der Waals surface area (Å²) < 4.78 is 7.57. The molecule has 0 aromatic carbocycles. The Morgan fingerprint density at radius 1 is 1.44 bits per heavy atom. The molecule has 3 heteroatoms. The van der Waals surface area contributed by atoms with E-state index in [0.29, 0.717) is 12.0 Å². The number of hydrogen-bond donors (Lipinski definition) is 0. The molecule has 0 radical (unpaired) electrons. The molecule has 0 bridgehead atoms. The lowest BCUT2D eigenvalue weighted by Crippen LogP contribution is -2.20. The summed E-state index contributed by atoms with van der Waals surface area (Å²) in [6, 6.07) is 0.548. The Kier molecular flexibility index (Phi) is 3.64. The Morgan fingerprint density at radius 3 is 2.62 bits per heavy atom. The molecule has 1 fully saturated rings. The van der Waals surface area contributed by atoms with Gasteiger partial charge in [-0.3, -0.25) is 4.68 Å². The average Bonchev–Trinajstić information content (AvgIpc) is 2.74. The van der Waals surface area contributed by atoms with Gasteiger partial charge in [-0.25, -0.2) is 0 Å². The summed E-state index contributed by atoms with van der Waals surface area (Å²) >= 11 is 0. The maximum absolute atomic E-state index is 5.39. The third-order valence-electron chi connectivity index (χ3n) is 3.36. The van der Waals surface area contributed by atoms with Gasteiger partial charge in [-0.15, -0.1) is 0 Å². The first kappa shape index (κ1) is 11.6. The molecular formula is C13H22N2O. The van der Waals surface area contributed by atoms with Gasteiger partial charge < -0.3 is 4.74 Å². The summed E-state index contributed by atoms with van der Waals surface area (Å²) in [6.07, 6.45) is 5.48. The second-order valence-corrected chi connectivity index (χ2v) is 4.86. The Bertz CT molecular complexity index is 338. The van der Waals surface area contributed by atoms with E-state index < -0.39 is 0 Å². The maximum Gasteiger partial charge on any atom is 0.0656 e. The zero-order valence-corrected chi connectivity index (χ0v) is 10.6. The molecule has 1 saturated heterocycles. The summed E-state index contributed by atoms with van der Waals surface area (Å²) in [5.41, 5.74) is 2.68. The fraction of sp³-hybridized carbons (Fsp3) is 0.769. The lowest BCUT2D eigenvalue weighted by Gasteiger charge is -2.22. The molecule has 0 saturated carbocycles. The van der Waals surface area contributed by atoms with Crippen molar-refractivity contribution in [1.82, 2.24) is 9.78 Å². The Balaban J connectivity index is 2.20. The smallest absolute Gasteiger partial charge is 0.0656 e. The van der Waals surface area contributed by atoms with E-state index in [-0.39, 0.29) is 0 Å². The quantitative estimate of drug-likeness (QED) is 0.786. The fourth-order valence-electron chi connectivity index (χ4n) is 2.34. The minimum absolute atomic E-state index is 0.548. The molecule has 3 nitrogen and oxygen atoms in total. The van der Waals surface area contributed by atoms with Crippen LogP contribution in [0.25, 0.3) is 0 Å². The van der Waals surface area contributed by atoms with Crippen LogP contribution in [0.4, 0.5) is 0 Å². The Hall–Kier alpha value is -0.830. The van der Waals surface area contributed by atoms with Crippen LogP contribution >= 0.6 is 0 Å². The number of rotatable bonds is 3. The standard InChI is InChI=1S/C13H22N2O/c1-4-13-12(10(2)3)9-15(14-13)11-5-7-16-8-6-11/h9-11H,4-8H2,1-3H3. The number of hydrogen-bond acceptors (Lipinski definition) is 2. The minimum atomic E-state index is 0.548. The van der Waals surface area contributed by atoms with E-state index in [1.807, 2.05) is 0 Å². The highest BCUT2D eigenvalue weighted by Crippen LogP contribution is 2.25. The van der Waals surface area contributed by atoms with Crippen LogP contribution < -0.4 is 0 Å². The number of aryl methyl sites for hydroxylation is 1. The number of nitrogens with zero attached hydrogens (tertiary/aromatic N) is 2. The highest BCUT2D eigenvalue weighted by molar-refractivity contribution is 5.21. The first-order valence-electron chi connectivity index (χ1n) is 6.38. The van der Waals surface area contributed by atoms with Crippen LogP contribution in [0.15, 0.2) is 6.20 Å². The molecule has 1 aromatic heterocycles. The van der Waals surface area contributed by atoms with E-state index >= 15 is 0 Å². The largest absolute Gasteiger partial charge is 0.381 e. The van der Waals surface area contributed by atoms with Gasteiger partial charge >= 0.3 is 0 Å². The number of aromatic nitrogens is 2. The Morgan fingerprint density at radius 2 is 2.12 bits per heavy atom. The zero-order chi connectivity index (χ0) is 11.5. The van der Waals surface area contributed by atoms with E-state index in [0.717, 1.165) is 32.5 Å². The van der Waals surface area contributed by atoms with Crippen molar-refractivity contribution in [2.24, 2.45) is 0 Å². The monoisotopic (exact) mass is 222 g/mol. The highest BCUT2D eigenvalue weighted by atomic mass is 16.5. The first-order chi connectivity index (χ1) is 7.72. The zero-order valence-electron chi connectivity index (χ0n) is 10.6. The number of ether oxygens (including phenoxy) is 1. The van der Waals surface area contributed by atoms with Crippen LogP contribution in [0, 0.1) is 0 Å². The van der Waals surface area contributed by atoms with Gasteiger partial charge in [0.05, 0.1) is 11.7 Å². The normalized spacial score (nSPS) is 18.2. The molecule has 0 atom stereocenters. The van der Waals surface area contributed by atoms with Crippen molar-refractivity contribution in [3.8, 4) is 0 Å². The lowest BCUT2D eigenvalue weighted by atomic mass is 10.0. The van der Waals surface area contributed by atoms with E-state index in [1.165, 1.54) is 11.3 Å². The summed E-state index contributed by atoms with van der Waals surface area (Å²) in [5.74, 6) is 0.573. The summed E-state index contributed by atoms with van der Waals surface area (Å²) in [6.45, 7) is 8.42.